The zero-order valence-electron chi connectivity index (χ0n) is 7.14. The van der Waals surface area contributed by atoms with E-state index in [0.29, 0.717) is 12.1 Å². The van der Waals surface area contributed by atoms with E-state index in [2.05, 4.69) is 5.32 Å². The second kappa shape index (κ2) is 4.81. The molecule has 0 spiro atoms. The maximum atomic E-state index is 8.73. The summed E-state index contributed by atoms with van der Waals surface area (Å²) in [6.45, 7) is 0.0419. The van der Waals surface area contributed by atoms with Crippen LogP contribution in [0, 0.1) is 0 Å². The second-order valence-corrected chi connectivity index (χ2v) is 2.65. The van der Waals surface area contributed by atoms with E-state index in [9.17, 15) is 0 Å². The van der Waals surface area contributed by atoms with Crippen molar-refractivity contribution in [3.05, 3.63) is 29.8 Å². The Balaban J connectivity index is 2.78. The first kappa shape index (κ1) is 9.98. The van der Waals surface area contributed by atoms with Gasteiger partial charge in [-0.15, -0.1) is 0 Å². The fraction of sp³-hybridized carbons (Fsp3) is 0.333. The van der Waals surface area contributed by atoms with Gasteiger partial charge < -0.3 is 20.6 Å². The predicted molar refractivity (Wildman–Crippen MR) is 49.1 cm³/mol. The van der Waals surface area contributed by atoms with Gasteiger partial charge in [0, 0.05) is 12.3 Å². The SMILES string of the molecule is OCCc1ccccc1NC(O)O. The molecule has 0 aliphatic rings. The van der Waals surface area contributed by atoms with E-state index in [1.807, 2.05) is 12.1 Å². The molecule has 0 saturated heterocycles. The van der Waals surface area contributed by atoms with Gasteiger partial charge in [0.25, 0.3) is 0 Å². The van der Waals surface area contributed by atoms with Crippen LogP contribution in [0.5, 0.6) is 0 Å². The van der Waals surface area contributed by atoms with Crippen LogP contribution < -0.4 is 5.32 Å². The Bertz CT molecular complexity index is 263. The lowest BCUT2D eigenvalue weighted by molar-refractivity contribution is -0.0148. The zero-order valence-corrected chi connectivity index (χ0v) is 7.14. The number of aliphatic hydroxyl groups excluding tert-OH is 2. The van der Waals surface area contributed by atoms with Gasteiger partial charge in [-0.05, 0) is 18.1 Å². The quantitative estimate of drug-likeness (QED) is 0.492. The number of hydrogen-bond acceptors (Lipinski definition) is 4. The molecule has 0 aliphatic carbocycles. The number of aliphatic hydroxyl groups is 3. The molecule has 0 heterocycles. The normalized spacial score (nSPS) is 10.5. The second-order valence-electron chi connectivity index (χ2n) is 2.65. The molecule has 72 valence electrons. The predicted octanol–water partition coefficient (Wildman–Crippen LogP) is -0.0985. The van der Waals surface area contributed by atoms with Gasteiger partial charge in [-0.25, -0.2) is 0 Å². The van der Waals surface area contributed by atoms with Crippen LogP contribution in [0.2, 0.25) is 0 Å². The highest BCUT2D eigenvalue weighted by Gasteiger charge is 2.02. The van der Waals surface area contributed by atoms with Crippen LogP contribution >= 0.6 is 0 Å². The molecule has 0 bridgehead atoms. The monoisotopic (exact) mass is 183 g/mol. The van der Waals surface area contributed by atoms with Crippen LogP contribution in [0.3, 0.4) is 0 Å². The van der Waals surface area contributed by atoms with Crippen molar-refractivity contribution in [3.63, 3.8) is 0 Å². The van der Waals surface area contributed by atoms with Gasteiger partial charge in [0.15, 0.2) is 0 Å². The molecule has 4 N–H and O–H groups in total. The molecule has 0 aliphatic heterocycles. The van der Waals surface area contributed by atoms with Crippen molar-refractivity contribution >= 4 is 5.69 Å². The standard InChI is InChI=1S/C9H13NO3/c11-6-5-7-3-1-2-4-8(7)10-9(12)13/h1-4,9-13H,5-6H2. The summed E-state index contributed by atoms with van der Waals surface area (Å²) in [5.74, 6) is 0. The van der Waals surface area contributed by atoms with Crippen LogP contribution in [0.4, 0.5) is 5.69 Å². The fourth-order valence-corrected chi connectivity index (χ4v) is 1.14. The van der Waals surface area contributed by atoms with Gasteiger partial charge in [0.05, 0.1) is 0 Å². The first-order valence-corrected chi connectivity index (χ1v) is 4.05. The third-order valence-corrected chi connectivity index (χ3v) is 1.68. The molecular weight excluding hydrogens is 170 g/mol. The summed E-state index contributed by atoms with van der Waals surface area (Å²) in [4.78, 5) is 0. The largest absolute Gasteiger partial charge is 0.396 e. The van der Waals surface area contributed by atoms with E-state index < -0.39 is 6.41 Å². The highest BCUT2D eigenvalue weighted by atomic mass is 16.5. The number of rotatable bonds is 4. The molecule has 4 heteroatoms. The first-order valence-electron chi connectivity index (χ1n) is 4.05. The maximum absolute atomic E-state index is 8.73. The Morgan fingerprint density at radius 2 is 1.92 bits per heavy atom. The Morgan fingerprint density at radius 3 is 2.54 bits per heavy atom. The average Bonchev–Trinajstić information content (AvgIpc) is 2.08. The molecule has 4 nitrogen and oxygen atoms in total. The highest BCUT2D eigenvalue weighted by molar-refractivity contribution is 5.51. The van der Waals surface area contributed by atoms with Gasteiger partial charge in [0.1, 0.15) is 0 Å². The van der Waals surface area contributed by atoms with Crippen LogP contribution in [-0.2, 0) is 6.42 Å². The average molecular weight is 183 g/mol. The molecule has 0 amide bonds. The van der Waals surface area contributed by atoms with E-state index in [1.54, 1.807) is 12.1 Å². The van der Waals surface area contributed by atoms with Gasteiger partial charge in [-0.2, -0.15) is 0 Å². The minimum atomic E-state index is -1.57. The summed E-state index contributed by atoms with van der Waals surface area (Å²) in [5, 5.41) is 28.5. The molecule has 0 fully saturated rings. The molecule has 13 heavy (non-hydrogen) atoms. The number of benzene rings is 1. The summed E-state index contributed by atoms with van der Waals surface area (Å²) in [6, 6.07) is 7.16. The van der Waals surface area contributed by atoms with Crippen LogP contribution in [0.25, 0.3) is 0 Å². The van der Waals surface area contributed by atoms with E-state index in [-0.39, 0.29) is 6.61 Å². The van der Waals surface area contributed by atoms with Gasteiger partial charge in [-0.1, -0.05) is 18.2 Å². The van der Waals surface area contributed by atoms with Gasteiger partial charge in [-0.3, -0.25) is 0 Å². The Kier molecular flexibility index (Phi) is 3.70. The summed E-state index contributed by atoms with van der Waals surface area (Å²) in [6.07, 6.45) is -1.07. The maximum Gasteiger partial charge on any atom is 0.232 e. The van der Waals surface area contributed by atoms with Crippen molar-refractivity contribution in [1.82, 2.24) is 0 Å². The summed E-state index contributed by atoms with van der Waals surface area (Å²) in [7, 11) is 0. The summed E-state index contributed by atoms with van der Waals surface area (Å²) in [5.41, 5.74) is 1.49. The van der Waals surface area contributed by atoms with Crippen molar-refractivity contribution in [2.45, 2.75) is 12.8 Å². The number of nitrogens with one attached hydrogen (secondary N) is 1. The van der Waals surface area contributed by atoms with E-state index in [1.165, 1.54) is 0 Å². The lowest BCUT2D eigenvalue weighted by Gasteiger charge is -2.12. The Hall–Kier alpha value is -1.10. The van der Waals surface area contributed by atoms with Crippen LogP contribution in [0.15, 0.2) is 24.3 Å². The van der Waals surface area contributed by atoms with Crippen molar-refractivity contribution < 1.29 is 15.3 Å². The fourth-order valence-electron chi connectivity index (χ4n) is 1.14. The summed E-state index contributed by atoms with van der Waals surface area (Å²) >= 11 is 0. The van der Waals surface area contributed by atoms with Gasteiger partial charge >= 0.3 is 0 Å². The summed E-state index contributed by atoms with van der Waals surface area (Å²) < 4.78 is 0. The smallest absolute Gasteiger partial charge is 0.232 e. The number of anilines is 1. The minimum Gasteiger partial charge on any atom is -0.396 e. The highest BCUT2D eigenvalue weighted by Crippen LogP contribution is 2.15. The first-order chi connectivity index (χ1) is 6.24. The molecule has 0 aromatic heterocycles. The van der Waals surface area contributed by atoms with E-state index in [4.69, 9.17) is 15.3 Å². The molecular formula is C9H13NO3. The van der Waals surface area contributed by atoms with Crippen molar-refractivity contribution in [1.29, 1.82) is 0 Å². The van der Waals surface area contributed by atoms with Crippen molar-refractivity contribution in [3.8, 4) is 0 Å². The molecule has 1 aromatic rings. The third-order valence-electron chi connectivity index (χ3n) is 1.68. The lowest BCUT2D eigenvalue weighted by atomic mass is 10.1. The number of hydrogen-bond donors (Lipinski definition) is 4. The zero-order chi connectivity index (χ0) is 9.68. The third kappa shape index (κ3) is 3.02. The number of para-hydroxylation sites is 1. The molecule has 0 atom stereocenters. The molecule has 0 unspecified atom stereocenters. The molecule has 1 aromatic carbocycles. The Morgan fingerprint density at radius 1 is 1.23 bits per heavy atom. The topological polar surface area (TPSA) is 72.7 Å². The van der Waals surface area contributed by atoms with Crippen molar-refractivity contribution in [2.75, 3.05) is 11.9 Å². The minimum absolute atomic E-state index is 0.0419. The Labute approximate surface area is 76.5 Å². The molecule has 0 radical (unpaired) electrons. The van der Waals surface area contributed by atoms with Crippen molar-refractivity contribution in [2.24, 2.45) is 0 Å². The van der Waals surface area contributed by atoms with E-state index >= 15 is 0 Å². The van der Waals surface area contributed by atoms with Crippen LogP contribution in [0.1, 0.15) is 5.56 Å². The lowest BCUT2D eigenvalue weighted by Crippen LogP contribution is -2.18. The molecule has 1 rings (SSSR count). The molecule has 0 saturated carbocycles. The van der Waals surface area contributed by atoms with Crippen LogP contribution in [-0.4, -0.2) is 28.3 Å². The van der Waals surface area contributed by atoms with Gasteiger partial charge in [0.2, 0.25) is 6.41 Å². The van der Waals surface area contributed by atoms with E-state index in [0.717, 1.165) is 5.56 Å².